The fourth-order valence-electron chi connectivity index (χ4n) is 3.55. The van der Waals surface area contributed by atoms with Gasteiger partial charge < -0.3 is 15.3 Å². The number of allylic oxidation sites excluding steroid dienone is 2. The maximum atomic E-state index is 12.7. The molecule has 0 saturated heterocycles. The average Bonchev–Trinajstić information content (AvgIpc) is 2.83. The molecular weight excluding hydrogens is 302 g/mol. The van der Waals surface area contributed by atoms with Crippen molar-refractivity contribution in [3.05, 3.63) is 45.9 Å². The van der Waals surface area contributed by atoms with Crippen molar-refractivity contribution in [1.82, 2.24) is 15.3 Å². The largest absolute Gasteiger partial charge is 0.349 e. The van der Waals surface area contributed by atoms with E-state index in [-0.39, 0.29) is 29.0 Å². The van der Waals surface area contributed by atoms with Crippen LogP contribution >= 0.6 is 0 Å². The first-order valence-electron chi connectivity index (χ1n) is 8.37. The summed E-state index contributed by atoms with van der Waals surface area (Å²) in [5.74, 6) is 0.418. The molecule has 1 aromatic heterocycles. The molecule has 3 rings (SSSR count). The summed E-state index contributed by atoms with van der Waals surface area (Å²) in [6, 6.07) is 5.59. The van der Waals surface area contributed by atoms with Crippen molar-refractivity contribution in [1.29, 1.82) is 0 Å². The number of hydrogen-bond acceptors (Lipinski definition) is 2. The molecule has 3 unspecified atom stereocenters. The molecule has 0 radical (unpaired) electrons. The Hall–Kier alpha value is -2.30. The number of rotatable bonds is 4. The number of benzene rings is 1. The van der Waals surface area contributed by atoms with Crippen LogP contribution in [0.5, 0.6) is 0 Å². The van der Waals surface area contributed by atoms with Gasteiger partial charge in [-0.15, -0.1) is 0 Å². The molecule has 2 aromatic rings. The van der Waals surface area contributed by atoms with Crippen molar-refractivity contribution in [2.45, 2.75) is 40.7 Å². The number of carbonyl (C=O) groups is 1. The topological polar surface area (TPSA) is 77.8 Å². The van der Waals surface area contributed by atoms with Gasteiger partial charge in [0.2, 0.25) is 5.91 Å². The number of carbonyl (C=O) groups excluding carboxylic acids is 1. The van der Waals surface area contributed by atoms with E-state index in [0.717, 1.165) is 16.6 Å². The third-order valence-corrected chi connectivity index (χ3v) is 5.10. The summed E-state index contributed by atoms with van der Waals surface area (Å²) in [6.45, 7) is 10.4. The van der Waals surface area contributed by atoms with Crippen LogP contribution in [-0.2, 0) is 4.79 Å². The molecule has 1 amide bonds. The molecule has 1 heterocycles. The molecule has 24 heavy (non-hydrogen) atoms. The lowest BCUT2D eigenvalue weighted by atomic mass is 10.1. The van der Waals surface area contributed by atoms with E-state index >= 15 is 0 Å². The van der Waals surface area contributed by atoms with Gasteiger partial charge in [0.25, 0.3) is 0 Å². The fourth-order valence-corrected chi connectivity index (χ4v) is 3.55. The Labute approximate surface area is 141 Å². The van der Waals surface area contributed by atoms with Crippen LogP contribution in [0.2, 0.25) is 0 Å². The Balaban J connectivity index is 1.74. The molecule has 0 bridgehead atoms. The van der Waals surface area contributed by atoms with Crippen LogP contribution in [0.4, 0.5) is 0 Å². The second kappa shape index (κ2) is 5.65. The van der Waals surface area contributed by atoms with Gasteiger partial charge in [-0.25, -0.2) is 4.79 Å². The molecule has 1 aliphatic rings. The molecule has 1 fully saturated rings. The van der Waals surface area contributed by atoms with Crippen LogP contribution in [0.3, 0.4) is 0 Å². The molecule has 5 heteroatoms. The Bertz CT molecular complexity index is 868. The Morgan fingerprint density at radius 3 is 2.58 bits per heavy atom. The SMILES string of the molecule is CC(C)=CC1C(C(=O)NC(C)c2ccc3[nH]c(=O)[nH]c3c2)C1(C)C. The van der Waals surface area contributed by atoms with E-state index in [0.29, 0.717) is 5.92 Å². The molecule has 0 spiro atoms. The average molecular weight is 327 g/mol. The number of hydrogen-bond donors (Lipinski definition) is 3. The maximum Gasteiger partial charge on any atom is 0.323 e. The van der Waals surface area contributed by atoms with E-state index < -0.39 is 0 Å². The highest BCUT2D eigenvalue weighted by Gasteiger charge is 2.60. The summed E-state index contributed by atoms with van der Waals surface area (Å²) in [5, 5.41) is 3.12. The number of amides is 1. The smallest absolute Gasteiger partial charge is 0.323 e. The van der Waals surface area contributed by atoms with E-state index in [2.05, 4.69) is 49.1 Å². The van der Waals surface area contributed by atoms with E-state index in [1.54, 1.807) is 0 Å². The van der Waals surface area contributed by atoms with Crippen LogP contribution in [-0.4, -0.2) is 15.9 Å². The number of imidazole rings is 1. The number of fused-ring (bicyclic) bond motifs is 1. The van der Waals surface area contributed by atoms with Crippen LogP contribution in [0.15, 0.2) is 34.6 Å². The lowest BCUT2D eigenvalue weighted by Crippen LogP contribution is -2.29. The lowest BCUT2D eigenvalue weighted by Gasteiger charge is -2.15. The van der Waals surface area contributed by atoms with Crippen molar-refractivity contribution in [3.8, 4) is 0 Å². The van der Waals surface area contributed by atoms with Crippen LogP contribution < -0.4 is 11.0 Å². The minimum absolute atomic E-state index is 0.0108. The molecule has 5 nitrogen and oxygen atoms in total. The van der Waals surface area contributed by atoms with E-state index in [4.69, 9.17) is 0 Å². The zero-order valence-electron chi connectivity index (χ0n) is 14.9. The monoisotopic (exact) mass is 327 g/mol. The molecule has 1 aromatic carbocycles. The minimum atomic E-state index is -0.219. The van der Waals surface area contributed by atoms with E-state index in [1.807, 2.05) is 25.1 Å². The normalized spacial score (nSPS) is 22.9. The van der Waals surface area contributed by atoms with Gasteiger partial charge in [0.1, 0.15) is 0 Å². The zero-order chi connectivity index (χ0) is 17.6. The first-order valence-corrected chi connectivity index (χ1v) is 8.37. The van der Waals surface area contributed by atoms with E-state index in [1.165, 1.54) is 5.57 Å². The minimum Gasteiger partial charge on any atom is -0.349 e. The second-order valence-electron chi connectivity index (χ2n) is 7.68. The lowest BCUT2D eigenvalue weighted by molar-refractivity contribution is -0.123. The van der Waals surface area contributed by atoms with Gasteiger partial charge >= 0.3 is 5.69 Å². The van der Waals surface area contributed by atoms with Gasteiger partial charge in [-0.1, -0.05) is 31.6 Å². The highest BCUT2D eigenvalue weighted by atomic mass is 16.2. The number of nitrogens with one attached hydrogen (secondary N) is 3. The molecule has 128 valence electrons. The van der Waals surface area contributed by atoms with Gasteiger partial charge in [0.15, 0.2) is 0 Å². The van der Waals surface area contributed by atoms with E-state index in [9.17, 15) is 9.59 Å². The summed E-state index contributed by atoms with van der Waals surface area (Å²) in [6.07, 6.45) is 2.20. The molecule has 3 N–H and O–H groups in total. The molecule has 0 aliphatic heterocycles. The molecule has 1 aliphatic carbocycles. The number of H-pyrrole nitrogens is 2. The van der Waals surface area contributed by atoms with Gasteiger partial charge in [-0.3, -0.25) is 4.79 Å². The quantitative estimate of drug-likeness (QED) is 0.754. The van der Waals surface area contributed by atoms with Crippen molar-refractivity contribution in [2.24, 2.45) is 17.3 Å². The van der Waals surface area contributed by atoms with Crippen molar-refractivity contribution in [2.75, 3.05) is 0 Å². The fraction of sp³-hybridized carbons (Fsp3) is 0.474. The van der Waals surface area contributed by atoms with Crippen molar-refractivity contribution >= 4 is 16.9 Å². The van der Waals surface area contributed by atoms with Crippen LogP contribution in [0.25, 0.3) is 11.0 Å². The summed E-state index contributed by atoms with van der Waals surface area (Å²) < 4.78 is 0. The van der Waals surface area contributed by atoms with Gasteiger partial charge in [-0.2, -0.15) is 0 Å². The third-order valence-electron chi connectivity index (χ3n) is 5.10. The first kappa shape index (κ1) is 16.6. The van der Waals surface area contributed by atoms with Crippen LogP contribution in [0, 0.1) is 17.3 Å². The predicted octanol–water partition coefficient (Wildman–Crippen LogP) is 3.27. The molecule has 1 saturated carbocycles. The zero-order valence-corrected chi connectivity index (χ0v) is 14.9. The summed E-state index contributed by atoms with van der Waals surface area (Å²) >= 11 is 0. The Kier molecular flexibility index (Phi) is 3.90. The predicted molar refractivity (Wildman–Crippen MR) is 95.7 cm³/mol. The number of aromatic nitrogens is 2. The Morgan fingerprint density at radius 2 is 1.92 bits per heavy atom. The maximum absolute atomic E-state index is 12.7. The van der Waals surface area contributed by atoms with Crippen LogP contribution in [0.1, 0.15) is 46.2 Å². The molecular formula is C19H25N3O2. The summed E-state index contributed by atoms with van der Waals surface area (Å²) in [7, 11) is 0. The Morgan fingerprint density at radius 1 is 1.25 bits per heavy atom. The third kappa shape index (κ3) is 2.90. The van der Waals surface area contributed by atoms with Gasteiger partial charge in [0, 0.05) is 0 Å². The van der Waals surface area contributed by atoms with Gasteiger partial charge in [-0.05, 0) is 49.8 Å². The van der Waals surface area contributed by atoms with Crippen molar-refractivity contribution < 1.29 is 4.79 Å². The highest BCUT2D eigenvalue weighted by Crippen LogP contribution is 2.59. The second-order valence-corrected chi connectivity index (χ2v) is 7.68. The highest BCUT2D eigenvalue weighted by molar-refractivity contribution is 5.84. The standard InChI is InChI=1S/C19H25N3O2/c1-10(2)8-13-16(19(13,4)5)17(23)20-11(3)12-6-7-14-15(9-12)22-18(24)21-14/h6-9,11,13,16H,1-5H3,(H,20,23)(H2,21,22,24). The number of aromatic amines is 2. The van der Waals surface area contributed by atoms with Crippen molar-refractivity contribution in [3.63, 3.8) is 0 Å². The molecule has 3 atom stereocenters. The first-order chi connectivity index (χ1) is 11.2. The van der Waals surface area contributed by atoms with Gasteiger partial charge in [0.05, 0.1) is 23.0 Å². The summed E-state index contributed by atoms with van der Waals surface area (Å²) in [4.78, 5) is 29.5. The summed E-state index contributed by atoms with van der Waals surface area (Å²) in [5.41, 5.74) is 3.54.